The van der Waals surface area contributed by atoms with Gasteiger partial charge in [0.05, 0.1) is 7.11 Å². The second kappa shape index (κ2) is 6.60. The van der Waals surface area contributed by atoms with E-state index in [0.29, 0.717) is 6.04 Å². The molecule has 98 valence electrons. The van der Waals surface area contributed by atoms with Gasteiger partial charge in [-0.15, -0.1) is 6.58 Å². The number of methoxy groups -OCH3 is 1. The molecular weight excluding hydrogens is 222 g/mol. The van der Waals surface area contributed by atoms with Crippen molar-refractivity contribution in [3.05, 3.63) is 42.5 Å². The number of likely N-dealkylation sites (tertiary alicyclic amines) is 1. The first-order valence-electron chi connectivity index (χ1n) is 6.81. The molecule has 18 heavy (non-hydrogen) atoms. The van der Waals surface area contributed by atoms with Gasteiger partial charge < -0.3 is 4.74 Å². The maximum Gasteiger partial charge on any atom is 0.119 e. The molecule has 0 aromatic heterocycles. The van der Waals surface area contributed by atoms with Crippen molar-refractivity contribution >= 4 is 0 Å². The molecular formula is C16H23NO. The van der Waals surface area contributed by atoms with Crippen LogP contribution in [0.5, 0.6) is 5.75 Å². The second-order valence-electron chi connectivity index (χ2n) is 4.99. The standard InChI is InChI=1S/C16H23NO/c1-3-10-17-11-5-4-8-15(17)12-14-7-6-9-16(13-14)18-2/h3,6-7,9,13,15H,1,4-5,8,10-12H2,2H3. The molecule has 2 nitrogen and oxygen atoms in total. The van der Waals surface area contributed by atoms with E-state index in [1.807, 2.05) is 12.1 Å². The largest absolute Gasteiger partial charge is 0.497 e. The third-order valence-corrected chi connectivity index (χ3v) is 3.72. The summed E-state index contributed by atoms with van der Waals surface area (Å²) in [5, 5.41) is 0. The second-order valence-corrected chi connectivity index (χ2v) is 4.99. The Morgan fingerprint density at radius 3 is 3.11 bits per heavy atom. The zero-order chi connectivity index (χ0) is 12.8. The lowest BCUT2D eigenvalue weighted by molar-refractivity contribution is 0.164. The quantitative estimate of drug-likeness (QED) is 0.738. The highest BCUT2D eigenvalue weighted by molar-refractivity contribution is 5.29. The van der Waals surface area contributed by atoms with Crippen LogP contribution in [-0.4, -0.2) is 31.1 Å². The molecule has 0 radical (unpaired) electrons. The minimum absolute atomic E-state index is 0.656. The third kappa shape index (κ3) is 3.36. The van der Waals surface area contributed by atoms with Crippen molar-refractivity contribution in [3.8, 4) is 5.75 Å². The van der Waals surface area contributed by atoms with Crippen LogP contribution >= 0.6 is 0 Å². The lowest BCUT2D eigenvalue weighted by atomic mass is 9.95. The molecule has 1 aliphatic heterocycles. The highest BCUT2D eigenvalue weighted by Gasteiger charge is 2.21. The number of nitrogens with zero attached hydrogens (tertiary/aromatic N) is 1. The maximum atomic E-state index is 5.29. The van der Waals surface area contributed by atoms with Crippen LogP contribution in [0.4, 0.5) is 0 Å². The van der Waals surface area contributed by atoms with Gasteiger partial charge in [-0.25, -0.2) is 0 Å². The molecule has 1 heterocycles. The van der Waals surface area contributed by atoms with Crippen molar-refractivity contribution in [2.75, 3.05) is 20.2 Å². The van der Waals surface area contributed by atoms with Crippen LogP contribution in [0, 0.1) is 0 Å². The first-order valence-corrected chi connectivity index (χ1v) is 6.81. The Bertz CT molecular complexity index is 388. The van der Waals surface area contributed by atoms with Gasteiger partial charge in [-0.05, 0) is 43.5 Å². The van der Waals surface area contributed by atoms with E-state index in [1.165, 1.54) is 31.4 Å². The molecule has 0 N–H and O–H groups in total. The molecule has 1 aromatic rings. The molecule has 1 saturated heterocycles. The van der Waals surface area contributed by atoms with E-state index in [2.05, 4.69) is 29.7 Å². The number of rotatable bonds is 5. The highest BCUT2D eigenvalue weighted by atomic mass is 16.5. The van der Waals surface area contributed by atoms with E-state index in [0.717, 1.165) is 18.7 Å². The Hall–Kier alpha value is -1.28. The fourth-order valence-corrected chi connectivity index (χ4v) is 2.77. The van der Waals surface area contributed by atoms with E-state index in [9.17, 15) is 0 Å². The van der Waals surface area contributed by atoms with Gasteiger partial charge in [0, 0.05) is 12.6 Å². The lowest BCUT2D eigenvalue weighted by Crippen LogP contribution is -2.40. The molecule has 2 rings (SSSR count). The monoisotopic (exact) mass is 245 g/mol. The molecule has 1 unspecified atom stereocenters. The number of hydrogen-bond donors (Lipinski definition) is 0. The summed E-state index contributed by atoms with van der Waals surface area (Å²) >= 11 is 0. The van der Waals surface area contributed by atoms with Crippen molar-refractivity contribution in [1.82, 2.24) is 4.90 Å². The summed E-state index contributed by atoms with van der Waals surface area (Å²) in [5.41, 5.74) is 1.37. The first-order chi connectivity index (χ1) is 8.83. The van der Waals surface area contributed by atoms with Crippen molar-refractivity contribution in [2.24, 2.45) is 0 Å². The summed E-state index contributed by atoms with van der Waals surface area (Å²) in [4.78, 5) is 2.55. The van der Waals surface area contributed by atoms with E-state index in [-0.39, 0.29) is 0 Å². The van der Waals surface area contributed by atoms with E-state index in [1.54, 1.807) is 7.11 Å². The highest BCUT2D eigenvalue weighted by Crippen LogP contribution is 2.22. The van der Waals surface area contributed by atoms with Crippen molar-refractivity contribution in [3.63, 3.8) is 0 Å². The molecule has 0 aliphatic carbocycles. The Kier molecular flexibility index (Phi) is 4.82. The summed E-state index contributed by atoms with van der Waals surface area (Å²) in [6.07, 6.45) is 7.10. The molecule has 1 fully saturated rings. The summed E-state index contributed by atoms with van der Waals surface area (Å²) in [6.45, 7) is 6.08. The Labute approximate surface area is 110 Å². The summed E-state index contributed by atoms with van der Waals surface area (Å²) in [7, 11) is 1.73. The normalized spacial score (nSPS) is 20.6. The molecule has 1 atom stereocenters. The van der Waals surface area contributed by atoms with Crippen LogP contribution < -0.4 is 4.74 Å². The Morgan fingerprint density at radius 1 is 1.44 bits per heavy atom. The van der Waals surface area contributed by atoms with Crippen LogP contribution in [0.25, 0.3) is 0 Å². The number of piperidine rings is 1. The topological polar surface area (TPSA) is 12.5 Å². The first kappa shape index (κ1) is 13.2. The molecule has 0 saturated carbocycles. The third-order valence-electron chi connectivity index (χ3n) is 3.72. The van der Waals surface area contributed by atoms with Gasteiger partial charge in [0.15, 0.2) is 0 Å². The van der Waals surface area contributed by atoms with Crippen molar-refractivity contribution < 1.29 is 4.74 Å². The van der Waals surface area contributed by atoms with Crippen molar-refractivity contribution in [2.45, 2.75) is 31.7 Å². The zero-order valence-electron chi connectivity index (χ0n) is 11.3. The van der Waals surface area contributed by atoms with Crippen LogP contribution in [0.2, 0.25) is 0 Å². The Balaban J connectivity index is 2.03. The minimum Gasteiger partial charge on any atom is -0.497 e. The zero-order valence-corrected chi connectivity index (χ0v) is 11.3. The predicted molar refractivity (Wildman–Crippen MR) is 76.1 cm³/mol. The van der Waals surface area contributed by atoms with Crippen molar-refractivity contribution in [1.29, 1.82) is 0 Å². The van der Waals surface area contributed by atoms with Gasteiger partial charge in [0.2, 0.25) is 0 Å². The SMILES string of the molecule is C=CCN1CCCCC1Cc1cccc(OC)c1. The molecule has 0 bridgehead atoms. The minimum atomic E-state index is 0.656. The maximum absolute atomic E-state index is 5.29. The van der Waals surface area contributed by atoms with E-state index < -0.39 is 0 Å². The molecule has 1 aliphatic rings. The number of ether oxygens (including phenoxy) is 1. The van der Waals surface area contributed by atoms with Crippen LogP contribution in [0.1, 0.15) is 24.8 Å². The smallest absolute Gasteiger partial charge is 0.119 e. The number of hydrogen-bond acceptors (Lipinski definition) is 2. The Morgan fingerprint density at radius 2 is 2.33 bits per heavy atom. The van der Waals surface area contributed by atoms with Gasteiger partial charge in [0.25, 0.3) is 0 Å². The lowest BCUT2D eigenvalue weighted by Gasteiger charge is -2.35. The fourth-order valence-electron chi connectivity index (χ4n) is 2.77. The summed E-state index contributed by atoms with van der Waals surface area (Å²) < 4.78 is 5.29. The molecule has 2 heteroatoms. The van der Waals surface area contributed by atoms with E-state index in [4.69, 9.17) is 4.74 Å². The van der Waals surface area contributed by atoms with Gasteiger partial charge >= 0.3 is 0 Å². The van der Waals surface area contributed by atoms with E-state index >= 15 is 0 Å². The van der Waals surface area contributed by atoms with Gasteiger partial charge in [-0.2, -0.15) is 0 Å². The fraction of sp³-hybridized carbons (Fsp3) is 0.500. The predicted octanol–water partition coefficient (Wildman–Crippen LogP) is 3.28. The van der Waals surface area contributed by atoms with Crippen LogP contribution in [-0.2, 0) is 6.42 Å². The van der Waals surface area contributed by atoms with Gasteiger partial charge in [-0.1, -0.05) is 24.6 Å². The van der Waals surface area contributed by atoms with Crippen LogP contribution in [0.15, 0.2) is 36.9 Å². The summed E-state index contributed by atoms with van der Waals surface area (Å²) in [5.74, 6) is 0.957. The van der Waals surface area contributed by atoms with Gasteiger partial charge in [-0.3, -0.25) is 4.90 Å². The van der Waals surface area contributed by atoms with Gasteiger partial charge in [0.1, 0.15) is 5.75 Å². The van der Waals surface area contributed by atoms with Crippen LogP contribution in [0.3, 0.4) is 0 Å². The molecule has 0 amide bonds. The molecule has 0 spiro atoms. The molecule has 1 aromatic carbocycles. The average molecular weight is 245 g/mol. The average Bonchev–Trinajstić information content (AvgIpc) is 2.41. The number of benzene rings is 1. The summed E-state index contributed by atoms with van der Waals surface area (Å²) in [6, 6.07) is 9.09.